The van der Waals surface area contributed by atoms with Crippen molar-refractivity contribution in [2.24, 2.45) is 0 Å². The van der Waals surface area contributed by atoms with Crippen LogP contribution >= 0.6 is 0 Å². The smallest absolute Gasteiger partial charge is 0.262 e. The number of amides is 1. The van der Waals surface area contributed by atoms with Crippen LogP contribution in [0.15, 0.2) is 42.5 Å². The zero-order valence-corrected chi connectivity index (χ0v) is 14.6. The summed E-state index contributed by atoms with van der Waals surface area (Å²) in [6.45, 7) is 2.39. The highest BCUT2D eigenvalue weighted by Crippen LogP contribution is 2.32. The van der Waals surface area contributed by atoms with Crippen LogP contribution in [0.25, 0.3) is 6.08 Å². The molecule has 0 fully saturated rings. The fourth-order valence-corrected chi connectivity index (χ4v) is 2.65. The Morgan fingerprint density at radius 2 is 2.15 bits per heavy atom. The Kier molecular flexibility index (Phi) is 5.22. The minimum atomic E-state index is -0.241. The van der Waals surface area contributed by atoms with Gasteiger partial charge in [-0.3, -0.25) is 9.59 Å². The van der Waals surface area contributed by atoms with Crippen LogP contribution in [-0.2, 0) is 4.79 Å². The molecule has 1 aliphatic heterocycles. The standard InChI is InChI=1S/C20H19NO5/c1-3-25-18-6-4-5-13(20(18)24-2)7-9-16(22)14-8-10-17-15(11-14)21-19(23)12-26-17/h4-11H,3,12H2,1-2H3,(H,21,23)/b9-7+. The van der Waals surface area contributed by atoms with E-state index in [1.54, 1.807) is 31.4 Å². The van der Waals surface area contributed by atoms with Crippen molar-refractivity contribution in [3.8, 4) is 17.2 Å². The summed E-state index contributed by atoms with van der Waals surface area (Å²) < 4.78 is 16.2. The predicted molar refractivity (Wildman–Crippen MR) is 98.1 cm³/mol. The van der Waals surface area contributed by atoms with Crippen molar-refractivity contribution in [3.05, 3.63) is 53.6 Å². The lowest BCUT2D eigenvalue weighted by Gasteiger charge is -2.18. The van der Waals surface area contributed by atoms with Crippen molar-refractivity contribution < 1.29 is 23.8 Å². The summed E-state index contributed by atoms with van der Waals surface area (Å²) in [5.41, 5.74) is 1.68. The molecule has 0 radical (unpaired) electrons. The molecule has 0 aliphatic carbocycles. The number of nitrogens with one attached hydrogen (secondary N) is 1. The average molecular weight is 353 g/mol. The number of para-hydroxylation sites is 1. The quantitative estimate of drug-likeness (QED) is 0.637. The van der Waals surface area contributed by atoms with Crippen LogP contribution in [0.1, 0.15) is 22.8 Å². The van der Waals surface area contributed by atoms with Gasteiger partial charge in [0.05, 0.1) is 19.4 Å². The van der Waals surface area contributed by atoms with Crippen molar-refractivity contribution in [3.63, 3.8) is 0 Å². The summed E-state index contributed by atoms with van der Waals surface area (Å²) in [5.74, 6) is 1.31. The largest absolute Gasteiger partial charge is 0.492 e. The molecule has 0 atom stereocenters. The molecule has 3 rings (SSSR count). The van der Waals surface area contributed by atoms with E-state index in [4.69, 9.17) is 14.2 Å². The van der Waals surface area contributed by atoms with Crippen LogP contribution in [0, 0.1) is 0 Å². The average Bonchev–Trinajstić information content (AvgIpc) is 2.65. The summed E-state index contributed by atoms with van der Waals surface area (Å²) in [6.07, 6.45) is 3.14. The Balaban J connectivity index is 1.83. The molecule has 1 heterocycles. The molecule has 6 nitrogen and oxygen atoms in total. The van der Waals surface area contributed by atoms with Gasteiger partial charge in [0.1, 0.15) is 5.75 Å². The summed E-state index contributed by atoms with van der Waals surface area (Å²) in [5, 5.41) is 2.69. The number of carbonyl (C=O) groups is 2. The molecule has 6 heteroatoms. The van der Waals surface area contributed by atoms with Gasteiger partial charge >= 0.3 is 0 Å². The lowest BCUT2D eigenvalue weighted by molar-refractivity contribution is -0.118. The van der Waals surface area contributed by atoms with Gasteiger partial charge in [-0.2, -0.15) is 0 Å². The van der Waals surface area contributed by atoms with E-state index in [2.05, 4.69) is 5.32 Å². The van der Waals surface area contributed by atoms with Gasteiger partial charge in [-0.1, -0.05) is 12.1 Å². The Labute approximate surface area is 151 Å². The third-order valence-electron chi connectivity index (χ3n) is 3.82. The number of fused-ring (bicyclic) bond motifs is 1. The molecule has 26 heavy (non-hydrogen) atoms. The van der Waals surface area contributed by atoms with Crippen molar-refractivity contribution in [2.75, 3.05) is 25.6 Å². The number of methoxy groups -OCH3 is 1. The Morgan fingerprint density at radius 3 is 2.92 bits per heavy atom. The molecule has 0 saturated carbocycles. The first kappa shape index (κ1) is 17.5. The molecule has 0 bridgehead atoms. The molecule has 1 aliphatic rings. The monoisotopic (exact) mass is 353 g/mol. The number of hydrogen-bond donors (Lipinski definition) is 1. The van der Waals surface area contributed by atoms with Gasteiger partial charge in [0.25, 0.3) is 5.91 Å². The van der Waals surface area contributed by atoms with Gasteiger partial charge in [0.2, 0.25) is 0 Å². The van der Waals surface area contributed by atoms with Crippen LogP contribution in [-0.4, -0.2) is 32.0 Å². The summed E-state index contributed by atoms with van der Waals surface area (Å²) in [7, 11) is 1.56. The number of rotatable bonds is 6. The lowest BCUT2D eigenvalue weighted by Crippen LogP contribution is -2.25. The van der Waals surface area contributed by atoms with Gasteiger partial charge in [0.15, 0.2) is 23.9 Å². The normalized spacial score (nSPS) is 12.9. The number of anilines is 1. The second-order valence-corrected chi connectivity index (χ2v) is 5.56. The van der Waals surface area contributed by atoms with Gasteiger partial charge in [0, 0.05) is 11.1 Å². The van der Waals surface area contributed by atoms with Crippen LogP contribution < -0.4 is 19.5 Å². The molecule has 1 N–H and O–H groups in total. The molecule has 0 saturated heterocycles. The first-order valence-electron chi connectivity index (χ1n) is 8.21. The first-order chi connectivity index (χ1) is 12.6. The van der Waals surface area contributed by atoms with Crippen LogP contribution in [0.2, 0.25) is 0 Å². The highest BCUT2D eigenvalue weighted by atomic mass is 16.5. The van der Waals surface area contributed by atoms with E-state index in [-0.39, 0.29) is 18.3 Å². The fraction of sp³-hybridized carbons (Fsp3) is 0.200. The van der Waals surface area contributed by atoms with Crippen molar-refractivity contribution in [1.29, 1.82) is 0 Å². The molecule has 1 amide bonds. The SMILES string of the molecule is CCOc1cccc(/C=C/C(=O)c2ccc3c(c2)NC(=O)CO3)c1OC. The minimum Gasteiger partial charge on any atom is -0.492 e. The van der Waals surface area contributed by atoms with Crippen LogP contribution in [0.3, 0.4) is 0 Å². The van der Waals surface area contributed by atoms with Crippen LogP contribution in [0.5, 0.6) is 17.2 Å². The molecule has 0 aromatic heterocycles. The zero-order valence-electron chi connectivity index (χ0n) is 14.6. The maximum absolute atomic E-state index is 12.5. The third kappa shape index (κ3) is 3.69. The summed E-state index contributed by atoms with van der Waals surface area (Å²) >= 11 is 0. The lowest BCUT2D eigenvalue weighted by atomic mass is 10.1. The maximum Gasteiger partial charge on any atom is 0.262 e. The Bertz CT molecular complexity index is 873. The Morgan fingerprint density at radius 1 is 1.31 bits per heavy atom. The van der Waals surface area contributed by atoms with E-state index in [9.17, 15) is 9.59 Å². The molecular weight excluding hydrogens is 334 g/mol. The molecule has 2 aromatic rings. The van der Waals surface area contributed by atoms with Gasteiger partial charge in [-0.05, 0) is 43.3 Å². The zero-order chi connectivity index (χ0) is 18.5. The van der Waals surface area contributed by atoms with Crippen molar-refractivity contribution in [1.82, 2.24) is 0 Å². The number of benzene rings is 2. The number of allylic oxidation sites excluding steroid dienone is 1. The number of ether oxygens (including phenoxy) is 3. The van der Waals surface area contributed by atoms with Crippen molar-refractivity contribution >= 4 is 23.5 Å². The topological polar surface area (TPSA) is 73.9 Å². The van der Waals surface area contributed by atoms with Gasteiger partial charge in [-0.15, -0.1) is 0 Å². The van der Waals surface area contributed by atoms with Gasteiger partial charge < -0.3 is 19.5 Å². The number of ketones is 1. The second-order valence-electron chi connectivity index (χ2n) is 5.56. The van der Waals surface area contributed by atoms with E-state index in [1.165, 1.54) is 6.08 Å². The van der Waals surface area contributed by atoms with E-state index in [0.29, 0.717) is 35.1 Å². The van der Waals surface area contributed by atoms with Gasteiger partial charge in [-0.25, -0.2) is 0 Å². The maximum atomic E-state index is 12.5. The molecule has 0 unspecified atom stereocenters. The second kappa shape index (κ2) is 7.74. The molecule has 0 spiro atoms. The third-order valence-corrected chi connectivity index (χ3v) is 3.82. The number of hydrogen-bond acceptors (Lipinski definition) is 5. The number of carbonyl (C=O) groups excluding carboxylic acids is 2. The van der Waals surface area contributed by atoms with E-state index >= 15 is 0 Å². The first-order valence-corrected chi connectivity index (χ1v) is 8.21. The predicted octanol–water partition coefficient (Wildman–Crippen LogP) is 3.32. The minimum absolute atomic E-state index is 0.0177. The van der Waals surface area contributed by atoms with E-state index in [0.717, 1.165) is 5.56 Å². The van der Waals surface area contributed by atoms with Crippen LogP contribution in [0.4, 0.5) is 5.69 Å². The summed E-state index contributed by atoms with van der Waals surface area (Å²) in [6, 6.07) is 10.4. The molecule has 2 aromatic carbocycles. The highest BCUT2D eigenvalue weighted by Gasteiger charge is 2.17. The van der Waals surface area contributed by atoms with Crippen molar-refractivity contribution in [2.45, 2.75) is 6.92 Å². The fourth-order valence-electron chi connectivity index (χ4n) is 2.65. The highest BCUT2D eigenvalue weighted by molar-refractivity contribution is 6.08. The van der Waals surface area contributed by atoms with E-state index in [1.807, 2.05) is 25.1 Å². The molecular formula is C20H19NO5. The summed E-state index contributed by atoms with van der Waals surface area (Å²) in [4.78, 5) is 23.9. The molecule has 134 valence electrons. The Hall–Kier alpha value is -3.28. The van der Waals surface area contributed by atoms with E-state index < -0.39 is 0 Å².